The number of rotatable bonds is 4. The van der Waals surface area contributed by atoms with Crippen LogP contribution in [0.1, 0.15) is 5.56 Å². The number of benzene rings is 1. The molecule has 0 bridgehead atoms. The van der Waals surface area contributed by atoms with Gasteiger partial charge < -0.3 is 4.98 Å². The third-order valence-corrected chi connectivity index (χ3v) is 4.31. The zero-order chi connectivity index (χ0) is 10.7. The van der Waals surface area contributed by atoms with Gasteiger partial charge in [0.15, 0.2) is 0 Å². The van der Waals surface area contributed by atoms with E-state index in [4.69, 9.17) is 11.6 Å². The number of aromatic nitrogens is 1. The van der Waals surface area contributed by atoms with Gasteiger partial charge in [0.2, 0.25) is 0 Å². The first-order valence-corrected chi connectivity index (χ1v) is 7.19. The molecule has 2 rings (SSSR count). The highest BCUT2D eigenvalue weighted by Gasteiger charge is 2.05. The molecule has 1 aromatic heterocycles. The van der Waals surface area contributed by atoms with Crippen LogP contribution in [0.25, 0.3) is 10.9 Å². The molecule has 4 heteroatoms. The Bertz CT molecular complexity index is 455. The smallest absolute Gasteiger partial charge is 0.0601 e. The molecule has 1 heterocycles. The summed E-state index contributed by atoms with van der Waals surface area (Å²) in [7, 11) is 0. The molecule has 0 spiro atoms. The van der Waals surface area contributed by atoms with Gasteiger partial charge in [-0.25, -0.2) is 0 Å². The Kier molecular flexibility index (Phi) is 4.00. The molecule has 1 N–H and O–H groups in total. The minimum atomic E-state index is 0.719. The van der Waals surface area contributed by atoms with Crippen molar-refractivity contribution < 1.29 is 0 Å². The van der Waals surface area contributed by atoms with Crippen molar-refractivity contribution in [3.05, 3.63) is 34.4 Å². The van der Waals surface area contributed by atoms with E-state index >= 15 is 0 Å². The second-order valence-electron chi connectivity index (χ2n) is 3.22. The van der Waals surface area contributed by atoms with E-state index < -0.39 is 0 Å². The normalized spacial score (nSPS) is 11.1. The summed E-state index contributed by atoms with van der Waals surface area (Å²) in [4.78, 5) is 3.29. The molecule has 0 aliphatic carbocycles. The summed E-state index contributed by atoms with van der Waals surface area (Å²) in [6.07, 6.45) is 2.08. The number of alkyl halides is 1. The van der Waals surface area contributed by atoms with Gasteiger partial charge in [0.05, 0.1) is 5.52 Å². The summed E-state index contributed by atoms with van der Waals surface area (Å²) in [5, 5.41) is 1.30. The maximum absolute atomic E-state index is 5.65. The lowest BCUT2D eigenvalue weighted by Gasteiger charge is -1.98. The summed E-state index contributed by atoms with van der Waals surface area (Å²) in [5.74, 6) is 2.74. The monoisotopic (exact) mass is 303 g/mol. The number of nitrogens with one attached hydrogen (secondary N) is 1. The lowest BCUT2D eigenvalue weighted by molar-refractivity contribution is 1.39. The molecular weight excluding hydrogens is 294 g/mol. The van der Waals surface area contributed by atoms with Crippen molar-refractivity contribution in [2.45, 2.75) is 5.75 Å². The molecule has 0 saturated carbocycles. The fourth-order valence-corrected chi connectivity index (χ4v) is 3.05. The van der Waals surface area contributed by atoms with Crippen LogP contribution in [-0.4, -0.2) is 16.6 Å². The third kappa shape index (κ3) is 2.52. The maximum Gasteiger partial charge on any atom is 0.0601 e. The van der Waals surface area contributed by atoms with Gasteiger partial charge in [0.1, 0.15) is 0 Å². The van der Waals surface area contributed by atoms with E-state index in [1.54, 1.807) is 0 Å². The van der Waals surface area contributed by atoms with Crippen LogP contribution in [0.4, 0.5) is 0 Å². The minimum Gasteiger partial charge on any atom is -0.360 e. The fraction of sp³-hybridized carbons (Fsp3) is 0.273. The minimum absolute atomic E-state index is 0.719. The Labute approximate surface area is 107 Å². The molecule has 1 aromatic carbocycles. The lowest BCUT2D eigenvalue weighted by atomic mass is 10.2. The number of hydrogen-bond acceptors (Lipinski definition) is 1. The van der Waals surface area contributed by atoms with Crippen molar-refractivity contribution in [1.82, 2.24) is 4.98 Å². The van der Waals surface area contributed by atoms with Crippen LogP contribution in [0.15, 0.2) is 28.9 Å². The van der Waals surface area contributed by atoms with Crippen LogP contribution in [0.2, 0.25) is 0 Å². The van der Waals surface area contributed by atoms with Gasteiger partial charge in [-0.2, -0.15) is 11.8 Å². The highest BCUT2D eigenvalue weighted by Crippen LogP contribution is 2.27. The molecular formula is C11H11BrClNS. The van der Waals surface area contributed by atoms with Crippen LogP contribution in [0.3, 0.4) is 0 Å². The topological polar surface area (TPSA) is 15.8 Å². The lowest BCUT2D eigenvalue weighted by Crippen LogP contribution is -1.82. The number of thioether (sulfide) groups is 1. The summed E-state index contributed by atoms with van der Waals surface area (Å²) in [6.45, 7) is 0. The Morgan fingerprint density at radius 2 is 2.27 bits per heavy atom. The Morgan fingerprint density at radius 3 is 3.07 bits per heavy atom. The average Bonchev–Trinajstić information content (AvgIpc) is 2.64. The van der Waals surface area contributed by atoms with E-state index in [9.17, 15) is 0 Å². The van der Waals surface area contributed by atoms with Gasteiger partial charge in [-0.3, -0.25) is 0 Å². The van der Waals surface area contributed by atoms with E-state index in [1.807, 2.05) is 11.8 Å². The average molecular weight is 305 g/mol. The van der Waals surface area contributed by atoms with Gasteiger partial charge in [-0.05, 0) is 27.6 Å². The molecule has 2 aromatic rings. The second-order valence-corrected chi connectivity index (χ2v) is 5.56. The van der Waals surface area contributed by atoms with Crippen molar-refractivity contribution in [2.24, 2.45) is 0 Å². The summed E-state index contributed by atoms with van der Waals surface area (Å²) < 4.78 is 1.12. The van der Waals surface area contributed by atoms with E-state index in [0.29, 0.717) is 0 Å². The Morgan fingerprint density at radius 1 is 1.40 bits per heavy atom. The second kappa shape index (κ2) is 5.28. The number of aromatic amines is 1. The zero-order valence-electron chi connectivity index (χ0n) is 8.09. The number of hydrogen-bond donors (Lipinski definition) is 1. The largest absolute Gasteiger partial charge is 0.360 e. The zero-order valence-corrected chi connectivity index (χ0v) is 11.3. The first-order valence-electron chi connectivity index (χ1n) is 4.71. The fourth-order valence-electron chi connectivity index (χ4n) is 1.53. The van der Waals surface area contributed by atoms with Gasteiger partial charge in [-0.15, -0.1) is 11.6 Å². The molecule has 0 fully saturated rings. The number of halogens is 2. The van der Waals surface area contributed by atoms with E-state index in [0.717, 1.165) is 21.9 Å². The van der Waals surface area contributed by atoms with Crippen molar-refractivity contribution in [2.75, 3.05) is 11.6 Å². The van der Waals surface area contributed by atoms with Gasteiger partial charge in [0, 0.05) is 33.4 Å². The van der Waals surface area contributed by atoms with Gasteiger partial charge >= 0.3 is 0 Å². The molecule has 0 unspecified atom stereocenters. The van der Waals surface area contributed by atoms with Gasteiger partial charge in [0.25, 0.3) is 0 Å². The number of para-hydroxylation sites is 1. The Balaban J connectivity index is 2.25. The number of H-pyrrole nitrogens is 1. The molecule has 0 saturated heterocycles. The van der Waals surface area contributed by atoms with Crippen LogP contribution < -0.4 is 0 Å². The molecule has 0 amide bonds. The molecule has 0 aliphatic rings. The standard InChI is InChI=1S/C11H11BrClNS/c12-10-3-1-2-9-8(6-14-11(9)10)7-15-5-4-13/h1-3,6,14H,4-5,7H2. The molecule has 0 aliphatic heterocycles. The van der Waals surface area contributed by atoms with Gasteiger partial charge in [-0.1, -0.05) is 12.1 Å². The van der Waals surface area contributed by atoms with Crippen LogP contribution in [0, 0.1) is 0 Å². The summed E-state index contributed by atoms with van der Waals surface area (Å²) in [6, 6.07) is 6.26. The van der Waals surface area contributed by atoms with Crippen molar-refractivity contribution in [1.29, 1.82) is 0 Å². The van der Waals surface area contributed by atoms with Crippen LogP contribution in [0.5, 0.6) is 0 Å². The third-order valence-electron chi connectivity index (χ3n) is 2.23. The van der Waals surface area contributed by atoms with Crippen molar-refractivity contribution in [3.63, 3.8) is 0 Å². The van der Waals surface area contributed by atoms with E-state index in [2.05, 4.69) is 45.3 Å². The predicted octanol–water partition coefficient (Wildman–Crippen LogP) is 4.40. The summed E-state index contributed by atoms with van der Waals surface area (Å²) in [5.41, 5.74) is 2.53. The van der Waals surface area contributed by atoms with E-state index in [1.165, 1.54) is 16.5 Å². The molecule has 15 heavy (non-hydrogen) atoms. The SMILES string of the molecule is ClCCSCc1c[nH]c2c(Br)cccc12. The Hall–Kier alpha value is -0.120. The highest BCUT2D eigenvalue weighted by atomic mass is 79.9. The van der Waals surface area contributed by atoms with Crippen LogP contribution >= 0.6 is 39.3 Å². The number of fused-ring (bicyclic) bond motifs is 1. The van der Waals surface area contributed by atoms with Crippen molar-refractivity contribution in [3.8, 4) is 0 Å². The molecule has 80 valence electrons. The summed E-state index contributed by atoms with van der Waals surface area (Å²) >= 11 is 11.0. The molecule has 1 nitrogen and oxygen atoms in total. The van der Waals surface area contributed by atoms with Crippen molar-refractivity contribution >= 4 is 50.2 Å². The highest BCUT2D eigenvalue weighted by molar-refractivity contribution is 9.10. The quantitative estimate of drug-likeness (QED) is 0.654. The first-order chi connectivity index (χ1) is 7.33. The first kappa shape index (κ1) is 11.4. The van der Waals surface area contributed by atoms with E-state index in [-0.39, 0.29) is 0 Å². The predicted molar refractivity (Wildman–Crippen MR) is 72.9 cm³/mol. The maximum atomic E-state index is 5.65. The molecule has 0 radical (unpaired) electrons. The van der Waals surface area contributed by atoms with Crippen LogP contribution in [-0.2, 0) is 5.75 Å². The molecule has 0 atom stereocenters.